The molecule has 0 bridgehead atoms. The van der Waals surface area contributed by atoms with Gasteiger partial charge in [-0.25, -0.2) is 13.2 Å². The lowest BCUT2D eigenvalue weighted by molar-refractivity contribution is -0.116. The molecule has 0 saturated heterocycles. The summed E-state index contributed by atoms with van der Waals surface area (Å²) in [6.45, 7) is 4.31. The third kappa shape index (κ3) is 4.04. The van der Waals surface area contributed by atoms with Crippen LogP contribution in [0.4, 0.5) is 27.6 Å². The van der Waals surface area contributed by atoms with Crippen molar-refractivity contribution >= 4 is 19.9 Å². The monoisotopic (exact) mass is 389 g/mol. The third-order valence-corrected chi connectivity index (χ3v) is 5.37. The number of nitrogens with zero attached hydrogens (tertiary/aromatic N) is 1. The second-order valence-electron chi connectivity index (χ2n) is 6.20. The second-order valence-corrected chi connectivity index (χ2v) is 10.2. The topological polar surface area (TPSA) is 29.5 Å². The van der Waals surface area contributed by atoms with E-state index in [2.05, 4.69) is 0 Å². The summed E-state index contributed by atoms with van der Waals surface area (Å²) in [6.07, 6.45) is -0.0498. The summed E-state index contributed by atoms with van der Waals surface area (Å²) in [5.74, 6) is -12.1. The van der Waals surface area contributed by atoms with Crippen LogP contribution < -0.4 is 9.33 Å². The van der Waals surface area contributed by atoms with Crippen molar-refractivity contribution in [3.8, 4) is 5.75 Å². The molecule has 1 amide bonds. The standard InChI is InChI=1S/C17H16F5NO2Si/c1-10(24)23(11-7-5-4-6-8-11)9-26(2,3)25-17-15(21)13(19)12(18)14(20)16(17)22/h4-8H,9H2,1-3H3. The Hall–Kier alpha value is -2.42. The van der Waals surface area contributed by atoms with Crippen molar-refractivity contribution in [1.82, 2.24) is 0 Å². The highest BCUT2D eigenvalue weighted by atomic mass is 28.4. The molecule has 26 heavy (non-hydrogen) atoms. The van der Waals surface area contributed by atoms with Crippen molar-refractivity contribution in [2.24, 2.45) is 0 Å². The smallest absolute Gasteiger partial charge is 0.264 e. The highest BCUT2D eigenvalue weighted by molar-refractivity contribution is 6.72. The molecular weight excluding hydrogens is 373 g/mol. The van der Waals surface area contributed by atoms with E-state index in [1.165, 1.54) is 24.9 Å². The van der Waals surface area contributed by atoms with Crippen LogP contribution in [0.1, 0.15) is 6.92 Å². The minimum atomic E-state index is -3.11. The lowest BCUT2D eigenvalue weighted by Gasteiger charge is -2.31. The van der Waals surface area contributed by atoms with Crippen molar-refractivity contribution in [2.45, 2.75) is 20.0 Å². The Morgan fingerprint density at radius 2 is 1.38 bits per heavy atom. The molecule has 2 rings (SSSR count). The summed E-state index contributed by atoms with van der Waals surface area (Å²) in [6, 6.07) is 8.46. The van der Waals surface area contributed by atoms with Crippen LogP contribution in [0.3, 0.4) is 0 Å². The Balaban J connectivity index is 2.35. The normalized spacial score (nSPS) is 11.4. The Morgan fingerprint density at radius 1 is 0.923 bits per heavy atom. The maximum atomic E-state index is 13.8. The average molecular weight is 389 g/mol. The number of hydrogen-bond donors (Lipinski definition) is 0. The molecule has 0 aromatic heterocycles. The molecule has 0 unspecified atom stereocenters. The van der Waals surface area contributed by atoms with E-state index >= 15 is 0 Å². The predicted octanol–water partition coefficient (Wildman–Crippen LogP) is 4.56. The molecule has 0 N–H and O–H groups in total. The van der Waals surface area contributed by atoms with Crippen LogP contribution in [-0.2, 0) is 4.79 Å². The fraction of sp³-hybridized carbons (Fsp3) is 0.235. The van der Waals surface area contributed by atoms with E-state index in [1.54, 1.807) is 30.3 Å². The molecule has 140 valence electrons. The van der Waals surface area contributed by atoms with Crippen molar-refractivity contribution in [3.05, 3.63) is 59.4 Å². The first-order valence-corrected chi connectivity index (χ1v) is 10.7. The number of amides is 1. The van der Waals surface area contributed by atoms with Gasteiger partial charge in [-0.05, 0) is 25.2 Å². The van der Waals surface area contributed by atoms with E-state index in [0.717, 1.165) is 0 Å². The summed E-state index contributed by atoms with van der Waals surface area (Å²) >= 11 is 0. The zero-order valence-corrected chi connectivity index (χ0v) is 15.2. The molecule has 0 aliphatic carbocycles. The quantitative estimate of drug-likeness (QED) is 0.325. The van der Waals surface area contributed by atoms with Crippen molar-refractivity contribution < 1.29 is 31.2 Å². The van der Waals surface area contributed by atoms with E-state index in [0.29, 0.717) is 5.69 Å². The van der Waals surface area contributed by atoms with Crippen LogP contribution in [0.2, 0.25) is 13.1 Å². The molecular formula is C17H16F5NO2Si. The van der Waals surface area contributed by atoms with Crippen LogP contribution in [-0.4, -0.2) is 20.4 Å². The van der Waals surface area contributed by atoms with E-state index in [4.69, 9.17) is 4.43 Å². The van der Waals surface area contributed by atoms with Crippen LogP contribution in [0.15, 0.2) is 30.3 Å². The summed E-state index contributed by atoms with van der Waals surface area (Å²) < 4.78 is 72.8. The Labute approximate surface area is 148 Å². The minimum absolute atomic E-state index is 0.0498. The summed E-state index contributed by atoms with van der Waals surface area (Å²) in [5, 5.41) is 0. The SMILES string of the molecule is CC(=O)N(C[Si](C)(C)Oc1c(F)c(F)c(F)c(F)c1F)c1ccccc1. The number of halogens is 5. The average Bonchev–Trinajstić information content (AvgIpc) is 2.60. The van der Waals surface area contributed by atoms with E-state index in [-0.39, 0.29) is 12.1 Å². The summed E-state index contributed by atoms with van der Waals surface area (Å²) in [4.78, 5) is 13.3. The van der Waals surface area contributed by atoms with Crippen LogP contribution in [0.25, 0.3) is 0 Å². The highest BCUT2D eigenvalue weighted by Gasteiger charge is 2.35. The van der Waals surface area contributed by atoms with E-state index in [9.17, 15) is 26.7 Å². The largest absolute Gasteiger partial charge is 0.538 e. The van der Waals surface area contributed by atoms with Gasteiger partial charge in [0.2, 0.25) is 35.0 Å². The Morgan fingerprint density at radius 3 is 1.85 bits per heavy atom. The van der Waals surface area contributed by atoms with Gasteiger partial charge in [-0.2, -0.15) is 8.78 Å². The van der Waals surface area contributed by atoms with Gasteiger partial charge in [0, 0.05) is 12.6 Å². The van der Waals surface area contributed by atoms with Gasteiger partial charge < -0.3 is 9.33 Å². The number of carbonyl (C=O) groups excluding carboxylic acids is 1. The van der Waals surface area contributed by atoms with Gasteiger partial charge in [-0.3, -0.25) is 4.79 Å². The fourth-order valence-corrected chi connectivity index (χ4v) is 4.32. The molecule has 2 aromatic carbocycles. The number of para-hydroxylation sites is 1. The molecule has 0 fully saturated rings. The van der Waals surface area contributed by atoms with Crippen molar-refractivity contribution in [1.29, 1.82) is 0 Å². The first-order valence-electron chi connectivity index (χ1n) is 7.58. The van der Waals surface area contributed by atoms with Crippen molar-refractivity contribution in [3.63, 3.8) is 0 Å². The van der Waals surface area contributed by atoms with Crippen LogP contribution >= 0.6 is 0 Å². The van der Waals surface area contributed by atoms with Gasteiger partial charge in [0.15, 0.2) is 5.75 Å². The number of carbonyl (C=O) groups is 1. The first kappa shape index (κ1) is 19.9. The number of benzene rings is 2. The van der Waals surface area contributed by atoms with Crippen LogP contribution in [0.5, 0.6) is 5.75 Å². The second kappa shape index (κ2) is 7.44. The van der Waals surface area contributed by atoms with Gasteiger partial charge >= 0.3 is 0 Å². The van der Waals surface area contributed by atoms with Gasteiger partial charge in [0.1, 0.15) is 0 Å². The molecule has 0 radical (unpaired) electrons. The maximum Gasteiger partial charge on any atom is 0.264 e. The van der Waals surface area contributed by atoms with Gasteiger partial charge in [-0.1, -0.05) is 18.2 Å². The van der Waals surface area contributed by atoms with Gasteiger partial charge in [0.25, 0.3) is 8.32 Å². The van der Waals surface area contributed by atoms with Gasteiger partial charge in [0.05, 0.1) is 6.17 Å². The lowest BCUT2D eigenvalue weighted by atomic mass is 10.3. The number of rotatable bonds is 5. The Bertz CT molecular complexity index is 801. The third-order valence-electron chi connectivity index (χ3n) is 3.53. The molecule has 0 heterocycles. The molecule has 0 saturated carbocycles. The summed E-state index contributed by atoms with van der Waals surface area (Å²) in [5.41, 5.74) is 0.529. The molecule has 9 heteroatoms. The van der Waals surface area contributed by atoms with E-state index in [1.807, 2.05) is 0 Å². The maximum absolute atomic E-state index is 13.8. The molecule has 0 aliphatic heterocycles. The van der Waals surface area contributed by atoms with Crippen LogP contribution in [0, 0.1) is 29.1 Å². The first-order chi connectivity index (χ1) is 12.0. The molecule has 3 nitrogen and oxygen atoms in total. The highest BCUT2D eigenvalue weighted by Crippen LogP contribution is 2.31. The zero-order chi connectivity index (χ0) is 19.6. The molecule has 0 aliphatic rings. The molecule has 2 aromatic rings. The predicted molar refractivity (Wildman–Crippen MR) is 88.8 cm³/mol. The molecule has 0 spiro atoms. The lowest BCUT2D eigenvalue weighted by Crippen LogP contribution is -2.49. The summed E-state index contributed by atoms with van der Waals surface area (Å²) in [7, 11) is -3.11. The minimum Gasteiger partial charge on any atom is -0.538 e. The van der Waals surface area contributed by atoms with E-state index < -0.39 is 43.2 Å². The molecule has 0 atom stereocenters. The number of anilines is 1. The van der Waals surface area contributed by atoms with Gasteiger partial charge in [-0.15, -0.1) is 0 Å². The zero-order valence-electron chi connectivity index (χ0n) is 14.2. The van der Waals surface area contributed by atoms with Crippen molar-refractivity contribution in [2.75, 3.05) is 11.1 Å². The fourth-order valence-electron chi connectivity index (χ4n) is 2.36. The number of hydrogen-bond acceptors (Lipinski definition) is 2. The Kier molecular flexibility index (Phi) is 5.70.